The number of piperidine rings is 1. The Morgan fingerprint density at radius 1 is 1.56 bits per heavy atom. The number of hydrogen-bond donors (Lipinski definition) is 1. The van der Waals surface area contributed by atoms with E-state index >= 15 is 0 Å². The van der Waals surface area contributed by atoms with Gasteiger partial charge in [-0.2, -0.15) is 0 Å². The first-order valence-electron chi connectivity index (χ1n) is 5.58. The van der Waals surface area contributed by atoms with Gasteiger partial charge in [-0.3, -0.25) is 9.78 Å². The predicted octanol–water partition coefficient (Wildman–Crippen LogP) is 1.42. The van der Waals surface area contributed by atoms with Gasteiger partial charge in [0.1, 0.15) is 0 Å². The Morgan fingerprint density at radius 2 is 2.31 bits per heavy atom. The van der Waals surface area contributed by atoms with Crippen LogP contribution in [0.2, 0.25) is 0 Å². The first kappa shape index (κ1) is 11.5. The second-order valence-corrected chi connectivity index (χ2v) is 5.00. The summed E-state index contributed by atoms with van der Waals surface area (Å²) < 4.78 is 2.56. The van der Waals surface area contributed by atoms with Gasteiger partial charge in [0.05, 0.1) is 0 Å². The minimum Gasteiger partial charge on any atom is -0.322 e. The normalized spacial score (nSPS) is 26.9. The van der Waals surface area contributed by atoms with Crippen LogP contribution < -0.4 is 5.56 Å². The van der Waals surface area contributed by atoms with E-state index in [0.717, 1.165) is 19.5 Å². The van der Waals surface area contributed by atoms with Crippen molar-refractivity contribution < 1.29 is 0 Å². The van der Waals surface area contributed by atoms with E-state index in [-0.39, 0.29) is 5.56 Å². The van der Waals surface area contributed by atoms with E-state index in [9.17, 15) is 4.79 Å². The predicted molar refractivity (Wildman–Crippen MR) is 66.2 cm³/mol. The van der Waals surface area contributed by atoms with Gasteiger partial charge in [0, 0.05) is 24.8 Å². The van der Waals surface area contributed by atoms with Gasteiger partial charge in [-0.25, -0.2) is 0 Å². The van der Waals surface area contributed by atoms with Gasteiger partial charge in [-0.15, -0.1) is 0 Å². The molecule has 0 aromatic carbocycles. The van der Waals surface area contributed by atoms with Crippen LogP contribution in [0.3, 0.4) is 0 Å². The van der Waals surface area contributed by atoms with Crippen LogP contribution in [0, 0.1) is 10.7 Å². The zero-order valence-corrected chi connectivity index (χ0v) is 10.5. The number of rotatable bonds is 1. The lowest BCUT2D eigenvalue weighted by Gasteiger charge is -2.36. The Kier molecular flexibility index (Phi) is 3.25. The van der Waals surface area contributed by atoms with Crippen LogP contribution in [0.4, 0.5) is 0 Å². The molecular weight excluding hydrogens is 222 g/mol. The number of likely N-dealkylation sites (tertiary alicyclic amines) is 1. The van der Waals surface area contributed by atoms with Crippen molar-refractivity contribution in [3.05, 3.63) is 27.4 Å². The molecule has 16 heavy (non-hydrogen) atoms. The quantitative estimate of drug-likeness (QED) is 0.754. The zero-order chi connectivity index (χ0) is 11.7. The molecule has 0 spiro atoms. The fourth-order valence-electron chi connectivity index (χ4n) is 2.44. The second kappa shape index (κ2) is 4.51. The second-order valence-electron chi connectivity index (χ2n) is 4.61. The van der Waals surface area contributed by atoms with Crippen molar-refractivity contribution >= 4 is 12.2 Å². The first-order chi connectivity index (χ1) is 7.58. The lowest BCUT2D eigenvalue weighted by atomic mass is 9.94. The SMILES string of the molecule is CC1CN(C)CCC1n1ccc(=O)[nH]c1=S. The Hall–Kier alpha value is -0.940. The first-order valence-corrected chi connectivity index (χ1v) is 5.99. The summed E-state index contributed by atoms with van der Waals surface area (Å²) >= 11 is 5.20. The van der Waals surface area contributed by atoms with E-state index in [1.54, 1.807) is 6.07 Å². The molecule has 1 N–H and O–H groups in total. The van der Waals surface area contributed by atoms with Crippen LogP contribution in [-0.4, -0.2) is 34.6 Å². The zero-order valence-electron chi connectivity index (χ0n) is 9.64. The minimum absolute atomic E-state index is 0.123. The molecule has 2 heterocycles. The maximum Gasteiger partial charge on any atom is 0.251 e. The number of nitrogens with zero attached hydrogens (tertiary/aromatic N) is 2. The highest BCUT2D eigenvalue weighted by atomic mass is 32.1. The molecule has 1 saturated heterocycles. The van der Waals surface area contributed by atoms with Crippen molar-refractivity contribution in [3.63, 3.8) is 0 Å². The number of H-pyrrole nitrogens is 1. The molecule has 2 atom stereocenters. The van der Waals surface area contributed by atoms with Gasteiger partial charge in [0.15, 0.2) is 4.77 Å². The smallest absolute Gasteiger partial charge is 0.251 e. The lowest BCUT2D eigenvalue weighted by Crippen LogP contribution is -2.38. The van der Waals surface area contributed by atoms with Crippen LogP contribution in [0.5, 0.6) is 0 Å². The highest BCUT2D eigenvalue weighted by Crippen LogP contribution is 2.26. The summed E-state index contributed by atoms with van der Waals surface area (Å²) in [7, 11) is 2.14. The van der Waals surface area contributed by atoms with Crippen molar-refractivity contribution in [2.24, 2.45) is 5.92 Å². The number of aromatic amines is 1. The van der Waals surface area contributed by atoms with Gasteiger partial charge in [-0.05, 0) is 38.1 Å². The largest absolute Gasteiger partial charge is 0.322 e. The molecule has 88 valence electrons. The fourth-order valence-corrected chi connectivity index (χ4v) is 2.74. The molecule has 0 radical (unpaired) electrons. The Bertz CT molecular complexity index is 479. The van der Waals surface area contributed by atoms with Gasteiger partial charge < -0.3 is 9.47 Å². The van der Waals surface area contributed by atoms with Crippen molar-refractivity contribution in [2.45, 2.75) is 19.4 Å². The molecule has 1 fully saturated rings. The van der Waals surface area contributed by atoms with Crippen LogP contribution in [0.1, 0.15) is 19.4 Å². The lowest BCUT2D eigenvalue weighted by molar-refractivity contribution is 0.156. The van der Waals surface area contributed by atoms with Crippen LogP contribution in [0.25, 0.3) is 0 Å². The topological polar surface area (TPSA) is 41.0 Å². The highest BCUT2D eigenvalue weighted by molar-refractivity contribution is 7.71. The summed E-state index contributed by atoms with van der Waals surface area (Å²) in [6.07, 6.45) is 2.89. The fraction of sp³-hybridized carbons (Fsp3) is 0.636. The molecule has 1 aromatic rings. The van der Waals surface area contributed by atoms with Crippen molar-refractivity contribution in [1.82, 2.24) is 14.5 Å². The van der Waals surface area contributed by atoms with E-state index in [4.69, 9.17) is 12.2 Å². The third-order valence-corrected chi connectivity index (χ3v) is 3.58. The third kappa shape index (κ3) is 2.25. The van der Waals surface area contributed by atoms with Crippen LogP contribution >= 0.6 is 12.2 Å². The number of nitrogens with one attached hydrogen (secondary N) is 1. The molecule has 2 unspecified atom stereocenters. The maximum absolute atomic E-state index is 11.1. The van der Waals surface area contributed by atoms with E-state index in [0.29, 0.717) is 16.7 Å². The summed E-state index contributed by atoms with van der Waals surface area (Å²) in [4.78, 5) is 16.1. The van der Waals surface area contributed by atoms with Crippen molar-refractivity contribution in [1.29, 1.82) is 0 Å². The van der Waals surface area contributed by atoms with E-state index in [2.05, 4.69) is 23.9 Å². The molecular formula is C11H17N3OS. The van der Waals surface area contributed by atoms with Gasteiger partial charge >= 0.3 is 0 Å². The van der Waals surface area contributed by atoms with Crippen LogP contribution in [0.15, 0.2) is 17.1 Å². The highest BCUT2D eigenvalue weighted by Gasteiger charge is 2.25. The van der Waals surface area contributed by atoms with Gasteiger partial charge in [0.2, 0.25) is 0 Å². The average Bonchev–Trinajstić information content (AvgIpc) is 2.19. The summed E-state index contributed by atoms with van der Waals surface area (Å²) in [6.45, 7) is 4.38. The Labute approximate surface area is 99.9 Å². The molecule has 0 bridgehead atoms. The number of hydrogen-bond acceptors (Lipinski definition) is 3. The molecule has 0 aliphatic carbocycles. The van der Waals surface area contributed by atoms with Crippen molar-refractivity contribution in [3.8, 4) is 0 Å². The average molecular weight is 239 g/mol. The van der Waals surface area contributed by atoms with E-state index < -0.39 is 0 Å². The molecule has 1 aromatic heterocycles. The van der Waals surface area contributed by atoms with Gasteiger partial charge in [0.25, 0.3) is 5.56 Å². The number of aromatic nitrogens is 2. The molecule has 1 aliphatic heterocycles. The standard InChI is InChI=1S/C11H17N3OS/c1-8-7-13(2)5-3-9(8)14-6-4-10(15)12-11(14)16/h4,6,8-9H,3,5,7H2,1-2H3,(H,12,15,16). The summed E-state index contributed by atoms with van der Waals surface area (Å²) in [5.74, 6) is 0.552. The molecule has 4 nitrogen and oxygen atoms in total. The third-order valence-electron chi connectivity index (χ3n) is 3.27. The summed E-state index contributed by atoms with van der Waals surface area (Å²) in [5.41, 5.74) is -0.123. The molecule has 1 aliphatic rings. The summed E-state index contributed by atoms with van der Waals surface area (Å²) in [5, 5.41) is 0. The van der Waals surface area contributed by atoms with E-state index in [1.165, 1.54) is 0 Å². The molecule has 0 saturated carbocycles. The van der Waals surface area contributed by atoms with E-state index in [1.807, 2.05) is 10.8 Å². The Morgan fingerprint density at radius 3 is 2.94 bits per heavy atom. The van der Waals surface area contributed by atoms with Crippen LogP contribution in [-0.2, 0) is 0 Å². The maximum atomic E-state index is 11.1. The molecule has 5 heteroatoms. The van der Waals surface area contributed by atoms with Gasteiger partial charge in [-0.1, -0.05) is 6.92 Å². The monoisotopic (exact) mass is 239 g/mol. The molecule has 0 amide bonds. The summed E-state index contributed by atoms with van der Waals surface area (Å²) in [6, 6.07) is 1.95. The Balaban J connectivity index is 2.30. The minimum atomic E-state index is -0.123. The van der Waals surface area contributed by atoms with Crippen molar-refractivity contribution in [2.75, 3.05) is 20.1 Å². The molecule has 2 rings (SSSR count).